The van der Waals surface area contributed by atoms with Crippen molar-refractivity contribution in [1.82, 2.24) is 15.0 Å². The molecule has 0 spiro atoms. The summed E-state index contributed by atoms with van der Waals surface area (Å²) in [7, 11) is 0. The van der Waals surface area contributed by atoms with Crippen molar-refractivity contribution in [2.75, 3.05) is 11.9 Å². The van der Waals surface area contributed by atoms with Gasteiger partial charge < -0.3 is 9.84 Å². The highest BCUT2D eigenvalue weighted by Gasteiger charge is 2.28. The van der Waals surface area contributed by atoms with Crippen LogP contribution in [0.15, 0.2) is 16.0 Å². The van der Waals surface area contributed by atoms with Crippen molar-refractivity contribution in [1.29, 1.82) is 0 Å². The number of aromatic nitrogens is 2. The van der Waals surface area contributed by atoms with Gasteiger partial charge >= 0.3 is 0 Å². The van der Waals surface area contributed by atoms with Crippen molar-refractivity contribution < 1.29 is 9.32 Å². The monoisotopic (exact) mass is 306 g/mol. The Morgan fingerprint density at radius 3 is 3.19 bits per heavy atom. The number of nitrogens with one attached hydrogen (secondary N) is 1. The smallest absolute Gasteiger partial charge is 0.223 e. The van der Waals surface area contributed by atoms with Crippen LogP contribution >= 0.6 is 11.3 Å². The molecule has 0 saturated carbocycles. The van der Waals surface area contributed by atoms with E-state index in [1.54, 1.807) is 0 Å². The highest BCUT2D eigenvalue weighted by molar-refractivity contribution is 7.13. The molecule has 0 aliphatic carbocycles. The van der Waals surface area contributed by atoms with Crippen LogP contribution in [0, 0.1) is 6.92 Å². The van der Waals surface area contributed by atoms with Gasteiger partial charge in [-0.15, -0.1) is 11.3 Å². The summed E-state index contributed by atoms with van der Waals surface area (Å²) in [6.45, 7) is 5.20. The number of hydrogen-bond donors (Lipinski definition) is 1. The molecule has 3 rings (SSSR count). The minimum atomic E-state index is -0.0859. The fourth-order valence-corrected chi connectivity index (χ4v) is 3.50. The van der Waals surface area contributed by atoms with Crippen molar-refractivity contribution in [3.05, 3.63) is 28.6 Å². The normalized spacial score (nSPS) is 19.0. The minimum absolute atomic E-state index is 0.0859. The first kappa shape index (κ1) is 14.2. The quantitative estimate of drug-likeness (QED) is 0.940. The highest BCUT2D eigenvalue weighted by atomic mass is 32.1. The molecule has 2 aromatic heterocycles. The molecule has 0 radical (unpaired) electrons. The second kappa shape index (κ2) is 5.95. The van der Waals surface area contributed by atoms with E-state index in [9.17, 15) is 4.79 Å². The molecule has 112 valence electrons. The molecule has 1 aliphatic rings. The molecule has 1 aliphatic heterocycles. The first-order valence-electron chi connectivity index (χ1n) is 7.01. The van der Waals surface area contributed by atoms with Gasteiger partial charge in [0.05, 0.1) is 17.4 Å². The van der Waals surface area contributed by atoms with E-state index in [4.69, 9.17) is 4.52 Å². The lowest BCUT2D eigenvalue weighted by Gasteiger charge is -2.21. The number of aryl methyl sites for hydroxylation is 1. The van der Waals surface area contributed by atoms with Crippen LogP contribution in [0.3, 0.4) is 0 Å². The fraction of sp³-hybridized carbons (Fsp3) is 0.500. The zero-order valence-corrected chi connectivity index (χ0v) is 12.9. The molecule has 6 nitrogen and oxygen atoms in total. The first-order valence-corrected chi connectivity index (χ1v) is 7.89. The van der Waals surface area contributed by atoms with E-state index in [2.05, 4.69) is 20.4 Å². The number of amides is 1. The third-order valence-electron chi connectivity index (χ3n) is 3.55. The molecule has 7 heteroatoms. The van der Waals surface area contributed by atoms with Gasteiger partial charge in [0.15, 0.2) is 5.13 Å². The summed E-state index contributed by atoms with van der Waals surface area (Å²) in [5.74, 6) is 0.750. The zero-order valence-electron chi connectivity index (χ0n) is 12.1. The van der Waals surface area contributed by atoms with Crippen LogP contribution in [0.25, 0.3) is 0 Å². The van der Waals surface area contributed by atoms with Gasteiger partial charge in [-0.3, -0.25) is 9.69 Å². The van der Waals surface area contributed by atoms with E-state index in [0.717, 1.165) is 43.1 Å². The predicted octanol–water partition coefficient (Wildman–Crippen LogP) is 2.74. The largest absolute Gasteiger partial charge is 0.361 e. The average Bonchev–Trinajstić information content (AvgIpc) is 3.11. The number of hydrogen-bond acceptors (Lipinski definition) is 6. The molecule has 1 unspecified atom stereocenters. The summed E-state index contributed by atoms with van der Waals surface area (Å²) < 4.78 is 5.13. The van der Waals surface area contributed by atoms with E-state index < -0.39 is 0 Å². The van der Waals surface area contributed by atoms with Gasteiger partial charge in [0.1, 0.15) is 5.76 Å². The molecule has 1 fully saturated rings. The van der Waals surface area contributed by atoms with Gasteiger partial charge in [-0.2, -0.15) is 0 Å². The number of carbonyl (C=O) groups is 1. The minimum Gasteiger partial charge on any atom is -0.361 e. The van der Waals surface area contributed by atoms with E-state index in [1.165, 1.54) is 18.3 Å². The average molecular weight is 306 g/mol. The van der Waals surface area contributed by atoms with Crippen molar-refractivity contribution in [2.24, 2.45) is 0 Å². The molecule has 21 heavy (non-hydrogen) atoms. The van der Waals surface area contributed by atoms with Crippen molar-refractivity contribution in [3.8, 4) is 0 Å². The van der Waals surface area contributed by atoms with E-state index in [-0.39, 0.29) is 5.91 Å². The van der Waals surface area contributed by atoms with Crippen LogP contribution < -0.4 is 5.32 Å². The summed E-state index contributed by atoms with van der Waals surface area (Å²) in [6, 6.07) is 2.26. The predicted molar refractivity (Wildman–Crippen MR) is 80.0 cm³/mol. The van der Waals surface area contributed by atoms with E-state index in [1.807, 2.05) is 18.4 Å². The van der Waals surface area contributed by atoms with Crippen LogP contribution in [-0.2, 0) is 11.3 Å². The number of nitrogens with zero attached hydrogens (tertiary/aromatic N) is 3. The van der Waals surface area contributed by atoms with Crippen LogP contribution in [0.1, 0.15) is 43.0 Å². The lowest BCUT2D eigenvalue weighted by Crippen LogP contribution is -2.23. The summed E-state index contributed by atoms with van der Waals surface area (Å²) in [5.41, 5.74) is 1.98. The highest BCUT2D eigenvalue weighted by Crippen LogP contribution is 2.34. The molecule has 0 aromatic carbocycles. The summed E-state index contributed by atoms with van der Waals surface area (Å²) in [6.07, 6.45) is 2.23. The van der Waals surface area contributed by atoms with Crippen LogP contribution in [-0.4, -0.2) is 27.5 Å². The zero-order chi connectivity index (χ0) is 14.8. The Balaban J connectivity index is 1.71. The molecule has 1 saturated heterocycles. The molecule has 1 amide bonds. The van der Waals surface area contributed by atoms with Crippen LogP contribution in [0.2, 0.25) is 0 Å². The van der Waals surface area contributed by atoms with Crippen molar-refractivity contribution in [3.63, 3.8) is 0 Å². The second-order valence-electron chi connectivity index (χ2n) is 5.32. The number of carbonyl (C=O) groups excluding carboxylic acids is 1. The standard InChI is InChI=1S/C14H18N4O2S/c1-9-6-11(17-20-9)7-18-5-3-4-13(18)12-8-21-14(16-12)15-10(2)19/h6,8,13H,3-5,7H2,1-2H3,(H,15,16,19). The molecular formula is C14H18N4O2S. The molecule has 1 atom stereocenters. The Morgan fingerprint density at radius 1 is 1.62 bits per heavy atom. The van der Waals surface area contributed by atoms with E-state index in [0.29, 0.717) is 11.2 Å². The first-order chi connectivity index (χ1) is 10.1. The number of likely N-dealkylation sites (tertiary alicyclic amines) is 1. The van der Waals surface area contributed by atoms with Crippen molar-refractivity contribution >= 4 is 22.4 Å². The Morgan fingerprint density at radius 2 is 2.48 bits per heavy atom. The number of rotatable bonds is 4. The summed E-state index contributed by atoms with van der Waals surface area (Å²) >= 11 is 1.47. The second-order valence-corrected chi connectivity index (χ2v) is 6.17. The molecule has 3 heterocycles. The molecular weight excluding hydrogens is 288 g/mol. The maximum atomic E-state index is 11.1. The van der Waals surface area contributed by atoms with E-state index >= 15 is 0 Å². The van der Waals surface area contributed by atoms with Gasteiger partial charge in [0.25, 0.3) is 0 Å². The van der Waals surface area contributed by atoms with Crippen LogP contribution in [0.5, 0.6) is 0 Å². The van der Waals surface area contributed by atoms with Crippen molar-refractivity contribution in [2.45, 2.75) is 39.3 Å². The molecule has 2 aromatic rings. The fourth-order valence-electron chi connectivity index (χ4n) is 2.70. The van der Waals surface area contributed by atoms with Gasteiger partial charge in [-0.05, 0) is 26.3 Å². The topological polar surface area (TPSA) is 71.3 Å². The Hall–Kier alpha value is -1.73. The van der Waals surface area contributed by atoms with Gasteiger partial charge in [-0.1, -0.05) is 5.16 Å². The summed E-state index contributed by atoms with van der Waals surface area (Å²) in [4.78, 5) is 18.0. The van der Waals surface area contributed by atoms with Gasteiger partial charge in [0, 0.05) is 24.9 Å². The Bertz CT molecular complexity index is 636. The maximum absolute atomic E-state index is 11.1. The number of anilines is 1. The lowest BCUT2D eigenvalue weighted by molar-refractivity contribution is -0.114. The maximum Gasteiger partial charge on any atom is 0.223 e. The molecule has 1 N–H and O–H groups in total. The lowest BCUT2D eigenvalue weighted by atomic mass is 10.1. The summed E-state index contributed by atoms with van der Waals surface area (Å²) in [5, 5.41) is 9.50. The van der Waals surface area contributed by atoms with Gasteiger partial charge in [0.2, 0.25) is 5.91 Å². The third kappa shape index (κ3) is 3.30. The third-order valence-corrected chi connectivity index (χ3v) is 4.33. The van der Waals surface area contributed by atoms with Gasteiger partial charge in [-0.25, -0.2) is 4.98 Å². The van der Waals surface area contributed by atoms with Crippen LogP contribution in [0.4, 0.5) is 5.13 Å². The Kier molecular flexibility index (Phi) is 4.03. The number of thiazole rings is 1. The molecule has 0 bridgehead atoms. The Labute approximate surface area is 127 Å². The SMILES string of the molecule is CC(=O)Nc1nc(C2CCCN2Cc2cc(C)on2)cs1.